The van der Waals surface area contributed by atoms with Crippen molar-refractivity contribution in [3.63, 3.8) is 0 Å². The molecule has 0 aliphatic rings. The Morgan fingerprint density at radius 1 is 0.960 bits per heavy atom. The fourth-order valence-electron chi connectivity index (χ4n) is 3.00. The van der Waals surface area contributed by atoms with E-state index in [4.69, 9.17) is 0 Å². The Hall–Kier alpha value is -2.17. The lowest BCUT2D eigenvalue weighted by Gasteiger charge is -2.37. The maximum atomic E-state index is 12.2. The summed E-state index contributed by atoms with van der Waals surface area (Å²) in [5, 5.41) is 10.6. The molecule has 0 aliphatic carbocycles. The predicted octanol–water partition coefficient (Wildman–Crippen LogP) is 3.09. The van der Waals surface area contributed by atoms with E-state index in [0.717, 1.165) is 11.1 Å². The summed E-state index contributed by atoms with van der Waals surface area (Å²) in [4.78, 5) is 15.9. The molecule has 0 aliphatic heterocycles. The fraction of sp³-hybridized carbons (Fsp3) is 0.381. The topological polar surface area (TPSA) is 43.8 Å². The summed E-state index contributed by atoms with van der Waals surface area (Å²) in [6.45, 7) is 4.69. The first-order valence-corrected chi connectivity index (χ1v) is 8.65. The molecule has 2 aromatic carbocycles. The number of nitrogens with zero attached hydrogens (tertiary/aromatic N) is 2. The van der Waals surface area contributed by atoms with Crippen LogP contribution in [0.3, 0.4) is 0 Å². The highest BCUT2D eigenvalue weighted by molar-refractivity contribution is 5.80. The lowest BCUT2D eigenvalue weighted by molar-refractivity contribution is -0.141. The Kier molecular flexibility index (Phi) is 6.73. The molecule has 1 amide bonds. The van der Waals surface area contributed by atoms with E-state index in [1.807, 2.05) is 43.3 Å². The van der Waals surface area contributed by atoms with Crippen LogP contribution in [0.25, 0.3) is 0 Å². The van der Waals surface area contributed by atoms with E-state index in [1.54, 1.807) is 14.1 Å². The second kappa shape index (κ2) is 8.79. The second-order valence-electron chi connectivity index (χ2n) is 6.66. The number of aliphatic hydroxyl groups is 1. The van der Waals surface area contributed by atoms with Gasteiger partial charge in [-0.1, -0.05) is 60.7 Å². The van der Waals surface area contributed by atoms with Crippen molar-refractivity contribution in [1.82, 2.24) is 9.80 Å². The molecule has 0 saturated carbocycles. The zero-order valence-electron chi connectivity index (χ0n) is 15.5. The lowest BCUT2D eigenvalue weighted by atomic mass is 10.0. The molecular weight excluding hydrogens is 312 g/mol. The smallest absolute Gasteiger partial charge is 0.252 e. The fourth-order valence-corrected chi connectivity index (χ4v) is 3.00. The molecule has 0 saturated heterocycles. The van der Waals surface area contributed by atoms with Crippen molar-refractivity contribution in [3.05, 3.63) is 71.8 Å². The van der Waals surface area contributed by atoms with Crippen LogP contribution in [-0.2, 0) is 11.3 Å². The molecule has 2 rings (SSSR count). The predicted molar refractivity (Wildman–Crippen MR) is 101 cm³/mol. The molecule has 0 unspecified atom stereocenters. The maximum absolute atomic E-state index is 12.2. The quantitative estimate of drug-likeness (QED) is 0.842. The van der Waals surface area contributed by atoms with Crippen molar-refractivity contribution in [3.8, 4) is 0 Å². The zero-order chi connectivity index (χ0) is 18.4. The molecule has 0 bridgehead atoms. The number of rotatable bonds is 7. The number of hydrogen-bond donors (Lipinski definition) is 1. The van der Waals surface area contributed by atoms with E-state index in [1.165, 1.54) is 4.90 Å². The van der Waals surface area contributed by atoms with Gasteiger partial charge in [-0.25, -0.2) is 0 Å². The van der Waals surface area contributed by atoms with Crippen molar-refractivity contribution in [2.24, 2.45) is 0 Å². The molecule has 0 spiro atoms. The number of aliphatic hydroxyl groups excluding tert-OH is 1. The number of benzene rings is 2. The first-order valence-electron chi connectivity index (χ1n) is 8.65. The van der Waals surface area contributed by atoms with Gasteiger partial charge in [-0.3, -0.25) is 9.69 Å². The summed E-state index contributed by atoms with van der Waals surface area (Å²) in [7, 11) is 3.33. The number of carbonyl (C=O) groups is 1. The highest BCUT2D eigenvalue weighted by Gasteiger charge is 2.31. The highest BCUT2D eigenvalue weighted by atomic mass is 16.3. The number of amides is 1. The molecule has 1 N–H and O–H groups in total. The summed E-state index contributed by atoms with van der Waals surface area (Å²) in [5.41, 5.74) is 2.32. The molecule has 0 heterocycles. The third-order valence-electron chi connectivity index (χ3n) is 4.66. The standard InChI is InChI=1S/C21H28N2O2/c1-16(19-13-9-6-10-14-19)23(15-18-11-7-5-8-12-18)17(2)20(24)21(25)22(3)4/h5-14,16-17,20,24H,15H2,1-4H3/t16-,17-,20-/m1/s1. The number of likely N-dealkylation sites (N-methyl/N-ethyl adjacent to an activating group) is 1. The van der Waals surface area contributed by atoms with Gasteiger partial charge in [-0.05, 0) is 25.0 Å². The summed E-state index contributed by atoms with van der Waals surface area (Å²) in [6, 6.07) is 20.1. The average molecular weight is 340 g/mol. The molecule has 25 heavy (non-hydrogen) atoms. The van der Waals surface area contributed by atoms with Crippen LogP contribution in [0.2, 0.25) is 0 Å². The Balaban J connectivity index is 2.29. The summed E-state index contributed by atoms with van der Waals surface area (Å²) >= 11 is 0. The Morgan fingerprint density at radius 3 is 2.00 bits per heavy atom. The molecule has 2 aromatic rings. The largest absolute Gasteiger partial charge is 0.382 e. The molecule has 4 heteroatoms. The Morgan fingerprint density at radius 2 is 1.48 bits per heavy atom. The van der Waals surface area contributed by atoms with Crippen molar-refractivity contribution in [2.75, 3.05) is 14.1 Å². The molecule has 0 radical (unpaired) electrons. The van der Waals surface area contributed by atoms with Gasteiger partial charge in [0.2, 0.25) is 0 Å². The Bertz CT molecular complexity index is 658. The number of hydrogen-bond acceptors (Lipinski definition) is 3. The van der Waals surface area contributed by atoms with Gasteiger partial charge in [-0.2, -0.15) is 0 Å². The zero-order valence-corrected chi connectivity index (χ0v) is 15.5. The molecular formula is C21H28N2O2. The van der Waals surface area contributed by atoms with E-state index in [-0.39, 0.29) is 18.0 Å². The minimum atomic E-state index is -1.06. The van der Waals surface area contributed by atoms with Gasteiger partial charge in [-0.15, -0.1) is 0 Å². The third-order valence-corrected chi connectivity index (χ3v) is 4.66. The van der Waals surface area contributed by atoms with Gasteiger partial charge < -0.3 is 10.0 Å². The highest BCUT2D eigenvalue weighted by Crippen LogP contribution is 2.26. The second-order valence-corrected chi connectivity index (χ2v) is 6.66. The maximum Gasteiger partial charge on any atom is 0.252 e. The van der Waals surface area contributed by atoms with Crippen molar-refractivity contribution in [2.45, 2.75) is 38.6 Å². The van der Waals surface area contributed by atoms with Crippen molar-refractivity contribution >= 4 is 5.91 Å². The monoisotopic (exact) mass is 340 g/mol. The van der Waals surface area contributed by atoms with Crippen LogP contribution in [0.15, 0.2) is 60.7 Å². The van der Waals surface area contributed by atoms with E-state index < -0.39 is 6.10 Å². The van der Waals surface area contributed by atoms with Gasteiger partial charge in [0.1, 0.15) is 6.10 Å². The van der Waals surface area contributed by atoms with Crippen LogP contribution in [0.4, 0.5) is 0 Å². The van der Waals surface area contributed by atoms with Crippen LogP contribution in [0, 0.1) is 0 Å². The van der Waals surface area contributed by atoms with E-state index in [2.05, 4.69) is 36.1 Å². The summed E-state index contributed by atoms with van der Waals surface area (Å²) < 4.78 is 0. The van der Waals surface area contributed by atoms with Gasteiger partial charge in [0.25, 0.3) is 5.91 Å². The SMILES string of the molecule is C[C@H](c1ccccc1)N(Cc1ccccc1)[C@H](C)[C@@H](O)C(=O)N(C)C. The van der Waals surface area contributed by atoms with Crippen LogP contribution >= 0.6 is 0 Å². The van der Waals surface area contributed by atoms with Gasteiger partial charge in [0.05, 0.1) is 0 Å². The van der Waals surface area contributed by atoms with Gasteiger partial charge in [0.15, 0.2) is 0 Å². The minimum absolute atomic E-state index is 0.0704. The molecule has 3 atom stereocenters. The van der Waals surface area contributed by atoms with Crippen molar-refractivity contribution < 1.29 is 9.90 Å². The normalized spacial score (nSPS) is 14.8. The average Bonchev–Trinajstić information content (AvgIpc) is 2.65. The number of carbonyl (C=O) groups excluding carboxylic acids is 1. The molecule has 0 aromatic heterocycles. The minimum Gasteiger partial charge on any atom is -0.382 e. The van der Waals surface area contributed by atoms with Crippen LogP contribution < -0.4 is 0 Å². The van der Waals surface area contributed by atoms with Crippen LogP contribution in [-0.4, -0.2) is 47.1 Å². The van der Waals surface area contributed by atoms with Crippen molar-refractivity contribution in [1.29, 1.82) is 0 Å². The van der Waals surface area contributed by atoms with E-state index in [0.29, 0.717) is 6.54 Å². The molecule has 0 fully saturated rings. The first kappa shape index (κ1) is 19.2. The van der Waals surface area contributed by atoms with Gasteiger partial charge in [0, 0.05) is 32.7 Å². The van der Waals surface area contributed by atoms with Crippen LogP contribution in [0.1, 0.15) is 31.0 Å². The first-order chi connectivity index (χ1) is 11.9. The van der Waals surface area contributed by atoms with E-state index in [9.17, 15) is 9.90 Å². The third kappa shape index (κ3) is 4.91. The van der Waals surface area contributed by atoms with E-state index >= 15 is 0 Å². The molecule has 134 valence electrons. The summed E-state index contributed by atoms with van der Waals surface area (Å²) in [6.07, 6.45) is -1.06. The lowest BCUT2D eigenvalue weighted by Crippen LogP contribution is -2.49. The van der Waals surface area contributed by atoms with Gasteiger partial charge >= 0.3 is 0 Å². The Labute approximate surface area is 150 Å². The summed E-state index contributed by atoms with van der Waals surface area (Å²) in [5.74, 6) is -0.272. The van der Waals surface area contributed by atoms with Crippen LogP contribution in [0.5, 0.6) is 0 Å². The molecule has 4 nitrogen and oxygen atoms in total.